The average molecular weight is 786 g/mol. The Morgan fingerprint density at radius 1 is 0.541 bits per heavy atom. The Hall–Kier alpha value is -8.15. The molecule has 61 heavy (non-hydrogen) atoms. The van der Waals surface area contributed by atoms with Crippen molar-refractivity contribution in [1.29, 1.82) is 0 Å². The Morgan fingerprint density at radius 3 is 1.85 bits per heavy atom. The second-order valence-electron chi connectivity index (χ2n) is 15.2. The molecular weight excluding hydrogens is 743 g/mol. The van der Waals surface area contributed by atoms with Gasteiger partial charge in [-0.05, 0) is 89.4 Å². The van der Waals surface area contributed by atoms with Gasteiger partial charge in [-0.15, -0.1) is 5.10 Å². The number of amidine groups is 1. The molecule has 5 heteroatoms. The van der Waals surface area contributed by atoms with Gasteiger partial charge in [0.1, 0.15) is 0 Å². The first kappa shape index (κ1) is 37.1. The van der Waals surface area contributed by atoms with Crippen LogP contribution in [0.25, 0.3) is 44.5 Å². The molecule has 0 bridgehead atoms. The summed E-state index contributed by atoms with van der Waals surface area (Å²) in [6.07, 6.45) is 5.16. The third-order valence-electron chi connectivity index (χ3n) is 11.3. The van der Waals surface area contributed by atoms with Crippen molar-refractivity contribution in [2.24, 2.45) is 10.8 Å². The first-order valence-electron chi connectivity index (χ1n) is 20.6. The summed E-state index contributed by atoms with van der Waals surface area (Å²) in [5, 5.41) is 9.85. The fourth-order valence-electron chi connectivity index (χ4n) is 8.33. The predicted octanol–water partition coefficient (Wildman–Crippen LogP) is 13.4. The van der Waals surface area contributed by atoms with Gasteiger partial charge in [-0.25, -0.2) is 5.01 Å². The molecule has 0 spiro atoms. The van der Waals surface area contributed by atoms with E-state index in [2.05, 4.69) is 215 Å². The number of rotatable bonds is 9. The van der Waals surface area contributed by atoms with Crippen LogP contribution in [0.3, 0.4) is 0 Å². The van der Waals surface area contributed by atoms with Crippen molar-refractivity contribution in [2.75, 3.05) is 9.91 Å². The van der Waals surface area contributed by atoms with Crippen LogP contribution in [0.2, 0.25) is 0 Å². The van der Waals surface area contributed by atoms with E-state index in [1.807, 2.05) is 24.3 Å². The van der Waals surface area contributed by atoms with Crippen molar-refractivity contribution in [3.63, 3.8) is 0 Å². The highest BCUT2D eigenvalue weighted by Crippen LogP contribution is 2.44. The molecule has 1 aromatic heterocycles. The van der Waals surface area contributed by atoms with Gasteiger partial charge in [0.25, 0.3) is 0 Å². The van der Waals surface area contributed by atoms with Crippen LogP contribution in [0.1, 0.15) is 27.8 Å². The van der Waals surface area contributed by atoms with Crippen LogP contribution in [-0.4, -0.2) is 10.4 Å². The van der Waals surface area contributed by atoms with Crippen molar-refractivity contribution < 1.29 is 0 Å². The molecule has 8 aromatic carbocycles. The van der Waals surface area contributed by atoms with Crippen LogP contribution >= 0.6 is 0 Å². The second-order valence-corrected chi connectivity index (χ2v) is 15.2. The number of hydrazone groups is 1. The Kier molecular flexibility index (Phi) is 9.89. The van der Waals surface area contributed by atoms with Crippen molar-refractivity contribution >= 4 is 61.7 Å². The molecule has 0 saturated carbocycles. The maximum absolute atomic E-state index is 7.05. The standard InChI is InChI=1S/C56H43N5/c1-40-50-38-51-49-32-17-18-33-53(49)60(48-31-19-26-45(36-48)52(57)37-44(42-22-9-3-10-23-42)35-34-41-20-7-2-8-21-41)54(51)39-55(50)61(47-29-15-6-16-30-47)58-56(43-24-11-4-12-25-43)59(40)46-27-13-5-14-28-46/h2-33,35-39H,1,34,57H2/b44-35+,52-37-. The minimum atomic E-state index is 0.690. The number of aromatic nitrogens is 1. The molecule has 9 aromatic rings. The number of nitrogens with two attached hydrogens (primary N) is 1. The van der Waals surface area contributed by atoms with E-state index in [9.17, 15) is 0 Å². The first-order valence-corrected chi connectivity index (χ1v) is 20.6. The van der Waals surface area contributed by atoms with Crippen molar-refractivity contribution in [1.82, 2.24) is 4.57 Å². The largest absolute Gasteiger partial charge is 0.398 e. The van der Waals surface area contributed by atoms with Crippen molar-refractivity contribution in [2.45, 2.75) is 6.42 Å². The van der Waals surface area contributed by atoms with Gasteiger partial charge in [-0.1, -0.05) is 170 Å². The maximum atomic E-state index is 7.05. The molecule has 2 heterocycles. The smallest absolute Gasteiger partial charge is 0.165 e. The first-order chi connectivity index (χ1) is 30.1. The van der Waals surface area contributed by atoms with Crippen molar-refractivity contribution in [3.8, 4) is 5.69 Å². The van der Waals surface area contributed by atoms with E-state index in [1.54, 1.807) is 0 Å². The number of hydrogen-bond acceptors (Lipinski definition) is 4. The topological polar surface area (TPSA) is 49.8 Å². The minimum Gasteiger partial charge on any atom is -0.398 e. The molecule has 5 nitrogen and oxygen atoms in total. The van der Waals surface area contributed by atoms with Gasteiger partial charge in [-0.3, -0.25) is 4.90 Å². The highest BCUT2D eigenvalue weighted by Gasteiger charge is 2.30. The zero-order valence-electron chi connectivity index (χ0n) is 33.6. The second kappa shape index (κ2) is 16.2. The van der Waals surface area contributed by atoms with Gasteiger partial charge in [0.05, 0.1) is 22.4 Å². The van der Waals surface area contributed by atoms with E-state index in [0.717, 1.165) is 90.3 Å². The molecule has 0 atom stereocenters. The van der Waals surface area contributed by atoms with E-state index >= 15 is 0 Å². The Balaban J connectivity index is 1.16. The molecule has 0 radical (unpaired) electrons. The van der Waals surface area contributed by atoms with Gasteiger partial charge >= 0.3 is 0 Å². The van der Waals surface area contributed by atoms with Crippen LogP contribution in [0, 0.1) is 0 Å². The lowest BCUT2D eigenvalue weighted by molar-refractivity contribution is 1.08. The summed E-state index contributed by atoms with van der Waals surface area (Å²) < 4.78 is 2.35. The Labute approximate surface area is 356 Å². The summed E-state index contributed by atoms with van der Waals surface area (Å²) in [6.45, 7) is 4.82. The fourth-order valence-corrected chi connectivity index (χ4v) is 8.33. The van der Waals surface area contributed by atoms with E-state index in [4.69, 9.17) is 17.4 Å². The zero-order valence-corrected chi connectivity index (χ0v) is 33.6. The number of para-hydroxylation sites is 3. The third kappa shape index (κ3) is 7.19. The number of benzene rings is 8. The molecule has 10 rings (SSSR count). The van der Waals surface area contributed by atoms with Crippen molar-refractivity contribution in [3.05, 3.63) is 259 Å². The number of allylic oxidation sites excluding steroid dienone is 3. The summed E-state index contributed by atoms with van der Waals surface area (Å²) in [4.78, 5) is 2.18. The number of anilines is 3. The molecule has 1 aliphatic heterocycles. The van der Waals surface area contributed by atoms with Crippen LogP contribution in [0.5, 0.6) is 0 Å². The van der Waals surface area contributed by atoms with Gasteiger partial charge < -0.3 is 10.3 Å². The summed E-state index contributed by atoms with van der Waals surface area (Å²) in [6, 6.07) is 73.8. The highest BCUT2D eigenvalue weighted by atomic mass is 15.5. The van der Waals surface area contributed by atoms with Crippen LogP contribution in [0.15, 0.2) is 236 Å². The SMILES string of the molecule is C=C1c2cc3c4ccccc4n(-c4cccc(/C(N)=C/C(=C\Cc5ccccc5)c5ccccc5)c4)c3cc2N(c2ccccc2)N=C(c2ccccc2)N1c1ccccc1. The summed E-state index contributed by atoms with van der Waals surface area (Å²) >= 11 is 0. The summed E-state index contributed by atoms with van der Waals surface area (Å²) in [7, 11) is 0. The Morgan fingerprint density at radius 2 is 1.13 bits per heavy atom. The quantitative estimate of drug-likeness (QED) is 0.148. The molecule has 2 N–H and O–H groups in total. The number of hydrogen-bond donors (Lipinski definition) is 1. The van der Waals surface area contributed by atoms with Gasteiger partial charge in [0, 0.05) is 44.7 Å². The van der Waals surface area contributed by atoms with Crippen LogP contribution < -0.4 is 15.6 Å². The molecule has 292 valence electrons. The fraction of sp³-hybridized carbons (Fsp3) is 0.0179. The normalized spacial score (nSPS) is 13.3. The molecular formula is C56H43N5. The van der Waals surface area contributed by atoms with Crippen LogP contribution in [0.4, 0.5) is 17.1 Å². The third-order valence-corrected chi connectivity index (χ3v) is 11.3. The number of nitrogens with zero attached hydrogens (tertiary/aromatic N) is 4. The summed E-state index contributed by atoms with van der Waals surface area (Å²) in [5.74, 6) is 0.775. The van der Waals surface area contributed by atoms with E-state index in [1.165, 1.54) is 5.56 Å². The highest BCUT2D eigenvalue weighted by molar-refractivity contribution is 6.21. The molecule has 0 fully saturated rings. The molecule has 0 amide bonds. The van der Waals surface area contributed by atoms with E-state index in [-0.39, 0.29) is 0 Å². The lowest BCUT2D eigenvalue weighted by Crippen LogP contribution is -2.30. The average Bonchev–Trinajstić information content (AvgIpc) is 3.59. The molecule has 0 aliphatic carbocycles. The van der Waals surface area contributed by atoms with Gasteiger partial charge in [0.2, 0.25) is 0 Å². The minimum absolute atomic E-state index is 0.690. The van der Waals surface area contributed by atoms with Gasteiger partial charge in [0.15, 0.2) is 5.84 Å². The summed E-state index contributed by atoms with van der Waals surface area (Å²) in [5.41, 5.74) is 20.9. The lowest BCUT2D eigenvalue weighted by atomic mass is 10.00. The van der Waals surface area contributed by atoms with E-state index < -0.39 is 0 Å². The Bertz CT molecular complexity index is 3110. The van der Waals surface area contributed by atoms with Crippen LogP contribution in [-0.2, 0) is 6.42 Å². The molecule has 1 aliphatic rings. The molecule has 0 unspecified atom stereocenters. The van der Waals surface area contributed by atoms with Gasteiger partial charge in [-0.2, -0.15) is 0 Å². The zero-order chi connectivity index (χ0) is 41.1. The lowest BCUT2D eigenvalue weighted by Gasteiger charge is -2.27. The molecule has 0 saturated heterocycles. The number of fused-ring (bicyclic) bond motifs is 4. The predicted molar refractivity (Wildman–Crippen MR) is 257 cm³/mol. The van der Waals surface area contributed by atoms with E-state index in [0.29, 0.717) is 5.70 Å². The maximum Gasteiger partial charge on any atom is 0.165 e. The monoisotopic (exact) mass is 785 g/mol.